The number of benzene rings is 1. The normalized spacial score (nSPS) is 12.4. The van der Waals surface area contributed by atoms with Crippen molar-refractivity contribution in [2.45, 2.75) is 39.2 Å². The summed E-state index contributed by atoms with van der Waals surface area (Å²) in [5, 5.41) is 11.9. The molecule has 0 bridgehead atoms. The highest BCUT2D eigenvalue weighted by atomic mass is 16.4. The van der Waals surface area contributed by atoms with E-state index in [1.807, 2.05) is 0 Å². The van der Waals surface area contributed by atoms with Crippen LogP contribution in [0.4, 0.5) is 0 Å². The zero-order valence-corrected chi connectivity index (χ0v) is 10.6. The molecule has 2 N–H and O–H groups in total. The third-order valence-electron chi connectivity index (χ3n) is 2.81. The van der Waals surface area contributed by atoms with Gasteiger partial charge >= 0.3 is 5.97 Å². The van der Waals surface area contributed by atoms with Crippen molar-refractivity contribution in [1.29, 1.82) is 0 Å². The molecule has 94 valence electrons. The monoisotopic (exact) mass is 235 g/mol. The van der Waals surface area contributed by atoms with Crippen molar-refractivity contribution in [2.75, 3.05) is 6.54 Å². The van der Waals surface area contributed by atoms with Crippen LogP contribution in [0.2, 0.25) is 0 Å². The summed E-state index contributed by atoms with van der Waals surface area (Å²) < 4.78 is 0. The quantitative estimate of drug-likeness (QED) is 0.714. The van der Waals surface area contributed by atoms with E-state index in [1.165, 1.54) is 11.1 Å². The van der Waals surface area contributed by atoms with Crippen molar-refractivity contribution in [2.24, 2.45) is 0 Å². The molecule has 3 heteroatoms. The van der Waals surface area contributed by atoms with Gasteiger partial charge in [0, 0.05) is 12.5 Å². The first kappa shape index (κ1) is 13.7. The van der Waals surface area contributed by atoms with E-state index in [1.54, 1.807) is 0 Å². The molecule has 0 amide bonds. The van der Waals surface area contributed by atoms with Crippen molar-refractivity contribution in [3.05, 3.63) is 35.4 Å². The Hall–Kier alpha value is -1.35. The molecule has 1 aromatic carbocycles. The first-order chi connectivity index (χ1) is 8.09. The maximum atomic E-state index is 10.3. The minimum Gasteiger partial charge on any atom is -0.481 e. The van der Waals surface area contributed by atoms with E-state index < -0.39 is 5.97 Å². The average molecular weight is 235 g/mol. The Bertz CT molecular complexity index is 363. The Balaban J connectivity index is 2.25. The minimum atomic E-state index is -0.711. The molecule has 0 aliphatic carbocycles. The van der Waals surface area contributed by atoms with E-state index in [4.69, 9.17) is 5.11 Å². The SMILES string of the molecule is Cc1cccc([C@H](C)NCCCCC(=O)O)c1. The van der Waals surface area contributed by atoms with Crippen molar-refractivity contribution in [3.63, 3.8) is 0 Å². The molecule has 0 saturated heterocycles. The van der Waals surface area contributed by atoms with Crippen LogP contribution in [0.1, 0.15) is 43.4 Å². The van der Waals surface area contributed by atoms with Gasteiger partial charge in [0.1, 0.15) is 0 Å². The number of hydrogen-bond acceptors (Lipinski definition) is 2. The molecule has 0 saturated carbocycles. The number of aryl methyl sites for hydroxylation is 1. The summed E-state index contributed by atoms with van der Waals surface area (Å²) in [5.41, 5.74) is 2.55. The molecule has 1 rings (SSSR count). The van der Waals surface area contributed by atoms with E-state index in [0.29, 0.717) is 6.04 Å². The first-order valence-corrected chi connectivity index (χ1v) is 6.11. The third-order valence-corrected chi connectivity index (χ3v) is 2.81. The van der Waals surface area contributed by atoms with Crippen LogP contribution in [-0.2, 0) is 4.79 Å². The fourth-order valence-corrected chi connectivity index (χ4v) is 1.78. The lowest BCUT2D eigenvalue weighted by Gasteiger charge is -2.14. The average Bonchev–Trinajstić information content (AvgIpc) is 2.28. The molecule has 1 aromatic rings. The van der Waals surface area contributed by atoms with E-state index in [0.717, 1.165) is 19.4 Å². The zero-order valence-electron chi connectivity index (χ0n) is 10.6. The summed E-state index contributed by atoms with van der Waals surface area (Å²) in [4.78, 5) is 10.3. The Kier molecular flexibility index (Phi) is 5.70. The maximum Gasteiger partial charge on any atom is 0.303 e. The highest BCUT2D eigenvalue weighted by Gasteiger charge is 2.04. The Morgan fingerprint density at radius 1 is 1.41 bits per heavy atom. The van der Waals surface area contributed by atoms with E-state index in [9.17, 15) is 4.79 Å². The van der Waals surface area contributed by atoms with Gasteiger partial charge in [0.15, 0.2) is 0 Å². The third kappa shape index (κ3) is 5.50. The topological polar surface area (TPSA) is 49.3 Å². The van der Waals surface area contributed by atoms with Gasteiger partial charge in [0.25, 0.3) is 0 Å². The molecule has 0 fully saturated rings. The second kappa shape index (κ2) is 7.07. The van der Waals surface area contributed by atoms with Gasteiger partial charge < -0.3 is 10.4 Å². The Morgan fingerprint density at radius 2 is 2.18 bits per heavy atom. The molecule has 0 aliphatic rings. The molecule has 0 aromatic heterocycles. The van der Waals surface area contributed by atoms with Crippen molar-refractivity contribution < 1.29 is 9.90 Å². The molecule has 0 radical (unpaired) electrons. The molecule has 0 aliphatic heterocycles. The highest BCUT2D eigenvalue weighted by molar-refractivity contribution is 5.66. The molecule has 1 atom stereocenters. The Labute approximate surface area is 103 Å². The van der Waals surface area contributed by atoms with Crippen LogP contribution in [0.3, 0.4) is 0 Å². The van der Waals surface area contributed by atoms with Gasteiger partial charge in [-0.25, -0.2) is 0 Å². The lowest BCUT2D eigenvalue weighted by Crippen LogP contribution is -2.20. The number of carboxylic acids is 1. The van der Waals surface area contributed by atoms with Gasteiger partial charge in [0.2, 0.25) is 0 Å². The lowest BCUT2D eigenvalue weighted by atomic mass is 10.1. The van der Waals surface area contributed by atoms with E-state index in [2.05, 4.69) is 43.4 Å². The summed E-state index contributed by atoms with van der Waals surface area (Å²) in [5.74, 6) is -0.711. The predicted molar refractivity (Wildman–Crippen MR) is 69.1 cm³/mol. The summed E-state index contributed by atoms with van der Waals surface area (Å²) in [7, 11) is 0. The highest BCUT2D eigenvalue weighted by Crippen LogP contribution is 2.13. The number of carboxylic acid groups (broad SMARTS) is 1. The molecule has 17 heavy (non-hydrogen) atoms. The van der Waals surface area contributed by atoms with E-state index in [-0.39, 0.29) is 6.42 Å². The molecule has 0 unspecified atom stereocenters. The van der Waals surface area contributed by atoms with Crippen LogP contribution < -0.4 is 5.32 Å². The van der Waals surface area contributed by atoms with Gasteiger partial charge in [-0.15, -0.1) is 0 Å². The van der Waals surface area contributed by atoms with Crippen LogP contribution in [0.15, 0.2) is 24.3 Å². The first-order valence-electron chi connectivity index (χ1n) is 6.11. The van der Waals surface area contributed by atoms with Gasteiger partial charge in [-0.3, -0.25) is 4.79 Å². The molecule has 0 spiro atoms. The van der Waals surface area contributed by atoms with Crippen LogP contribution >= 0.6 is 0 Å². The fraction of sp³-hybridized carbons (Fsp3) is 0.500. The summed E-state index contributed by atoms with van der Waals surface area (Å²) in [6.07, 6.45) is 1.91. The van der Waals surface area contributed by atoms with Gasteiger partial charge in [-0.05, 0) is 38.8 Å². The number of unbranched alkanes of at least 4 members (excludes halogenated alkanes) is 1. The zero-order chi connectivity index (χ0) is 12.7. The van der Waals surface area contributed by atoms with Crippen LogP contribution in [-0.4, -0.2) is 17.6 Å². The Morgan fingerprint density at radius 3 is 2.82 bits per heavy atom. The predicted octanol–water partition coefficient (Wildman–Crippen LogP) is 2.90. The van der Waals surface area contributed by atoms with E-state index >= 15 is 0 Å². The second-order valence-corrected chi connectivity index (χ2v) is 4.44. The van der Waals surface area contributed by atoms with Gasteiger partial charge in [-0.1, -0.05) is 29.8 Å². The molecular formula is C14H21NO2. The number of carbonyl (C=O) groups is 1. The van der Waals surface area contributed by atoms with Gasteiger partial charge in [-0.2, -0.15) is 0 Å². The van der Waals surface area contributed by atoms with Crippen molar-refractivity contribution >= 4 is 5.97 Å². The number of rotatable bonds is 7. The van der Waals surface area contributed by atoms with Crippen molar-refractivity contribution in [1.82, 2.24) is 5.32 Å². The minimum absolute atomic E-state index is 0.264. The standard InChI is InChI=1S/C14H21NO2/c1-11-6-5-7-13(10-11)12(2)15-9-4-3-8-14(16)17/h5-7,10,12,15H,3-4,8-9H2,1-2H3,(H,16,17)/t12-/m0/s1. The van der Waals surface area contributed by atoms with Crippen molar-refractivity contribution in [3.8, 4) is 0 Å². The second-order valence-electron chi connectivity index (χ2n) is 4.44. The molecule has 0 heterocycles. The van der Waals surface area contributed by atoms with Crippen LogP contribution in [0.25, 0.3) is 0 Å². The summed E-state index contributed by atoms with van der Waals surface area (Å²) in [6, 6.07) is 8.76. The smallest absolute Gasteiger partial charge is 0.303 e. The number of hydrogen-bond donors (Lipinski definition) is 2. The lowest BCUT2D eigenvalue weighted by molar-refractivity contribution is -0.137. The maximum absolute atomic E-state index is 10.3. The summed E-state index contributed by atoms with van der Waals surface area (Å²) >= 11 is 0. The number of nitrogens with one attached hydrogen (secondary N) is 1. The fourth-order valence-electron chi connectivity index (χ4n) is 1.78. The van der Waals surface area contributed by atoms with Gasteiger partial charge in [0.05, 0.1) is 0 Å². The van der Waals surface area contributed by atoms with Crippen LogP contribution in [0, 0.1) is 6.92 Å². The number of aliphatic carboxylic acids is 1. The summed E-state index contributed by atoms with van der Waals surface area (Å²) in [6.45, 7) is 5.08. The van der Waals surface area contributed by atoms with Crippen LogP contribution in [0.5, 0.6) is 0 Å². The largest absolute Gasteiger partial charge is 0.481 e. The molecule has 3 nitrogen and oxygen atoms in total. The molecular weight excluding hydrogens is 214 g/mol.